The first kappa shape index (κ1) is 53.8. The normalized spacial score (nSPS) is 24.1. The first-order valence-electron chi connectivity index (χ1n) is 23.9. The van der Waals surface area contributed by atoms with Gasteiger partial charge in [0, 0.05) is 29.8 Å². The minimum Gasteiger partial charge on any atom is -0.309 e. The summed E-state index contributed by atoms with van der Waals surface area (Å²) in [5.41, 5.74) is 1.07. The van der Waals surface area contributed by atoms with E-state index < -0.39 is 0 Å². The van der Waals surface area contributed by atoms with Crippen LogP contribution in [-0.4, -0.2) is 109 Å². The van der Waals surface area contributed by atoms with Gasteiger partial charge >= 0.3 is 0 Å². The third-order valence-electron chi connectivity index (χ3n) is 13.2. The van der Waals surface area contributed by atoms with Gasteiger partial charge in [-0.3, -0.25) is 29.0 Å². The van der Waals surface area contributed by atoms with Gasteiger partial charge in [-0.2, -0.15) is 35.3 Å². The molecule has 1 aromatic carbocycles. The van der Waals surface area contributed by atoms with Crippen LogP contribution in [-0.2, 0) is 19.2 Å². The fraction of sp³-hybridized carbons (Fsp3) is 0.800. The standard InChI is InChI=1S/C42H67N3O4S2.C8H19NS/c1-9-11-12-14-29(5)25-35-34(21-23-50-24-22-43(7)8)39(46)44(40(35)47)32-17-19-33(20-18-32)45-41(48)36-26-31(16-13-15-30(6)28(3)4)38(51-10-2)27-37(36)42(45)49;1-8(2)7-10-6-5-9(3)4/h17-20,28-31,34-38H,9-16,21-27H2,1-8H3;8H,5-7H2,1-4H3. The summed E-state index contributed by atoms with van der Waals surface area (Å²) < 4.78 is 0. The van der Waals surface area contributed by atoms with Crippen molar-refractivity contribution in [2.45, 2.75) is 131 Å². The maximum atomic E-state index is 14.0. The van der Waals surface area contributed by atoms with Crippen molar-refractivity contribution in [2.24, 2.45) is 53.3 Å². The molecule has 3 aliphatic rings. The van der Waals surface area contributed by atoms with Crippen LogP contribution in [0.25, 0.3) is 0 Å². The molecule has 2 aliphatic heterocycles. The van der Waals surface area contributed by atoms with Gasteiger partial charge in [-0.1, -0.05) is 93.9 Å². The van der Waals surface area contributed by atoms with E-state index in [1.165, 1.54) is 40.7 Å². The fourth-order valence-corrected chi connectivity index (χ4v) is 12.6. The minimum absolute atomic E-state index is 0.0875. The average molecular weight is 903 g/mol. The molecule has 2 saturated heterocycles. The van der Waals surface area contributed by atoms with Crippen LogP contribution in [0.15, 0.2) is 24.3 Å². The molecule has 4 amide bonds. The van der Waals surface area contributed by atoms with Crippen molar-refractivity contribution in [3.05, 3.63) is 24.3 Å². The topological polar surface area (TPSA) is 81.2 Å². The molecule has 2 heterocycles. The predicted molar refractivity (Wildman–Crippen MR) is 267 cm³/mol. The van der Waals surface area contributed by atoms with Crippen LogP contribution < -0.4 is 9.80 Å². The number of thioether (sulfide) groups is 3. The maximum Gasteiger partial charge on any atom is 0.237 e. The van der Waals surface area contributed by atoms with Crippen molar-refractivity contribution in [2.75, 3.05) is 79.8 Å². The van der Waals surface area contributed by atoms with Crippen LogP contribution in [0.4, 0.5) is 11.4 Å². The van der Waals surface area contributed by atoms with Gasteiger partial charge in [0.05, 0.1) is 35.0 Å². The Kier molecular flexibility index (Phi) is 24.4. The number of carbonyl (C=O) groups is 4. The Bertz CT molecular complexity index is 1460. The molecule has 0 spiro atoms. The summed E-state index contributed by atoms with van der Waals surface area (Å²) >= 11 is 5.85. The summed E-state index contributed by atoms with van der Waals surface area (Å²) in [6, 6.07) is 7.05. The second-order valence-electron chi connectivity index (χ2n) is 19.7. The molecular formula is C50H86N4O4S3. The number of nitrogens with zero attached hydrogens (tertiary/aromatic N) is 4. The van der Waals surface area contributed by atoms with Gasteiger partial charge in [0.25, 0.3) is 0 Å². The average Bonchev–Trinajstić information content (AvgIpc) is 3.58. The number of benzene rings is 1. The molecule has 0 aromatic heterocycles. The number of amides is 4. The second-order valence-corrected chi connectivity index (χ2v) is 23.5. The lowest BCUT2D eigenvalue weighted by atomic mass is 9.73. The highest BCUT2D eigenvalue weighted by Crippen LogP contribution is 2.48. The van der Waals surface area contributed by atoms with E-state index in [0.29, 0.717) is 46.7 Å². The van der Waals surface area contributed by atoms with E-state index in [-0.39, 0.29) is 47.3 Å². The van der Waals surface area contributed by atoms with Gasteiger partial charge in [0.2, 0.25) is 23.6 Å². The van der Waals surface area contributed by atoms with Gasteiger partial charge in [-0.05, 0) is 131 Å². The van der Waals surface area contributed by atoms with Gasteiger partial charge in [-0.15, -0.1) is 0 Å². The Morgan fingerprint density at radius 1 is 0.656 bits per heavy atom. The van der Waals surface area contributed by atoms with Crippen LogP contribution in [0.2, 0.25) is 0 Å². The van der Waals surface area contributed by atoms with Crippen LogP contribution >= 0.6 is 35.3 Å². The molecule has 0 bridgehead atoms. The summed E-state index contributed by atoms with van der Waals surface area (Å²) in [5, 5.41) is 0.401. The number of fused-ring (bicyclic) bond motifs is 1. The van der Waals surface area contributed by atoms with Crippen LogP contribution in [0.3, 0.4) is 0 Å². The molecule has 11 heteroatoms. The Morgan fingerprint density at radius 2 is 1.21 bits per heavy atom. The van der Waals surface area contributed by atoms with E-state index in [2.05, 4.69) is 93.4 Å². The van der Waals surface area contributed by atoms with E-state index in [9.17, 15) is 19.2 Å². The molecule has 0 radical (unpaired) electrons. The molecule has 4 rings (SSSR count). The molecule has 61 heavy (non-hydrogen) atoms. The zero-order valence-electron chi connectivity index (χ0n) is 40.5. The largest absolute Gasteiger partial charge is 0.309 e. The third kappa shape index (κ3) is 16.8. The quantitative estimate of drug-likeness (QED) is 0.0667. The molecular weight excluding hydrogens is 817 g/mol. The minimum atomic E-state index is -0.321. The lowest BCUT2D eigenvalue weighted by Gasteiger charge is -2.36. The number of unbranched alkanes of at least 4 members (excludes halogenated alkanes) is 2. The first-order chi connectivity index (χ1) is 29.0. The van der Waals surface area contributed by atoms with Crippen molar-refractivity contribution in [1.29, 1.82) is 0 Å². The summed E-state index contributed by atoms with van der Waals surface area (Å²) in [4.78, 5) is 63.0. The molecule has 0 N–H and O–H groups in total. The third-order valence-corrected chi connectivity index (χ3v) is 16.9. The van der Waals surface area contributed by atoms with Crippen LogP contribution in [0.5, 0.6) is 0 Å². The maximum absolute atomic E-state index is 14.0. The second kappa shape index (κ2) is 27.7. The number of carbonyl (C=O) groups excluding carboxylic acids is 4. The van der Waals surface area contributed by atoms with Gasteiger partial charge in [0.15, 0.2) is 0 Å². The molecule has 1 saturated carbocycles. The number of anilines is 2. The predicted octanol–water partition coefficient (Wildman–Crippen LogP) is 11.1. The Balaban J connectivity index is 0.000000878. The zero-order chi connectivity index (χ0) is 45.2. The summed E-state index contributed by atoms with van der Waals surface area (Å²) in [5.74, 6) is 6.87. The Labute approximate surface area is 386 Å². The Morgan fingerprint density at radius 3 is 1.75 bits per heavy atom. The lowest BCUT2D eigenvalue weighted by Crippen LogP contribution is -2.35. The van der Waals surface area contributed by atoms with Crippen LogP contribution in [0, 0.1) is 53.3 Å². The van der Waals surface area contributed by atoms with Crippen molar-refractivity contribution in [1.82, 2.24) is 9.80 Å². The molecule has 8 nitrogen and oxygen atoms in total. The highest BCUT2D eigenvalue weighted by molar-refractivity contribution is 8.00. The lowest BCUT2D eigenvalue weighted by molar-refractivity contribution is -0.124. The van der Waals surface area contributed by atoms with E-state index in [1.54, 1.807) is 24.3 Å². The molecule has 1 aromatic rings. The van der Waals surface area contributed by atoms with E-state index in [4.69, 9.17) is 0 Å². The fourth-order valence-electron chi connectivity index (χ4n) is 9.05. The molecule has 8 atom stereocenters. The SMILES string of the molecule is CC(C)CSCCN(C)C.CCCCCC(C)CC1C(=O)N(c2ccc(N3C(=O)C4CC(CCCC(C)C(C)C)C(SCC)CC4C3=O)cc2)C(=O)C1CCSCCN(C)C. The summed E-state index contributed by atoms with van der Waals surface area (Å²) in [6.45, 7) is 20.2. The van der Waals surface area contributed by atoms with Gasteiger partial charge in [-0.25, -0.2) is 0 Å². The van der Waals surface area contributed by atoms with Crippen molar-refractivity contribution in [3.8, 4) is 0 Å². The molecule has 348 valence electrons. The zero-order valence-corrected chi connectivity index (χ0v) is 42.9. The molecule has 3 fully saturated rings. The highest BCUT2D eigenvalue weighted by Gasteiger charge is 2.53. The van der Waals surface area contributed by atoms with E-state index >= 15 is 0 Å². The Hall–Kier alpha value is -1.53. The summed E-state index contributed by atoms with van der Waals surface area (Å²) in [6.07, 6.45) is 11.0. The first-order valence-corrected chi connectivity index (χ1v) is 27.3. The van der Waals surface area contributed by atoms with E-state index in [1.807, 2.05) is 35.3 Å². The van der Waals surface area contributed by atoms with Gasteiger partial charge < -0.3 is 9.80 Å². The monoisotopic (exact) mass is 903 g/mol. The number of hydrogen-bond acceptors (Lipinski definition) is 9. The number of hydrogen-bond donors (Lipinski definition) is 0. The number of rotatable bonds is 26. The van der Waals surface area contributed by atoms with Crippen molar-refractivity contribution >= 4 is 70.3 Å². The number of imide groups is 2. The van der Waals surface area contributed by atoms with Gasteiger partial charge in [0.1, 0.15) is 0 Å². The van der Waals surface area contributed by atoms with Crippen molar-refractivity contribution < 1.29 is 19.2 Å². The highest BCUT2D eigenvalue weighted by atomic mass is 32.2. The van der Waals surface area contributed by atoms with Crippen molar-refractivity contribution in [3.63, 3.8) is 0 Å². The van der Waals surface area contributed by atoms with E-state index in [0.717, 1.165) is 81.1 Å². The van der Waals surface area contributed by atoms with Crippen LogP contribution in [0.1, 0.15) is 126 Å². The molecule has 1 aliphatic carbocycles. The molecule has 8 unspecified atom stereocenters. The smallest absolute Gasteiger partial charge is 0.237 e. The summed E-state index contributed by atoms with van der Waals surface area (Å²) in [7, 11) is 8.37.